The van der Waals surface area contributed by atoms with Crippen molar-refractivity contribution in [3.63, 3.8) is 0 Å². The van der Waals surface area contributed by atoms with E-state index in [1.54, 1.807) is 24.3 Å². The Morgan fingerprint density at radius 1 is 0.925 bits per heavy atom. The average molecular weight is 581 g/mol. The molecule has 0 saturated carbocycles. The fourth-order valence-electron chi connectivity index (χ4n) is 3.79. The van der Waals surface area contributed by atoms with Crippen molar-refractivity contribution in [1.82, 2.24) is 0 Å². The maximum Gasteiger partial charge on any atom is 0.490 e. The second-order valence-corrected chi connectivity index (χ2v) is 10.7. The SMILES string of the molecule is CCCCN(Cc1ccccc1)c1ccc(NS(=O)(=O)c2cc(C)cc(C)c2)cc1C(=O)O.O=C(O)C(F)(F)F. The molecule has 0 atom stereocenters. The minimum Gasteiger partial charge on any atom is -0.478 e. The van der Waals surface area contributed by atoms with Crippen LogP contribution >= 0.6 is 0 Å². The number of rotatable bonds is 10. The van der Waals surface area contributed by atoms with Crippen LogP contribution in [0.2, 0.25) is 0 Å². The predicted molar refractivity (Wildman–Crippen MR) is 146 cm³/mol. The van der Waals surface area contributed by atoms with E-state index in [4.69, 9.17) is 9.90 Å². The number of hydrogen-bond donors (Lipinski definition) is 3. The molecule has 3 aromatic rings. The van der Waals surface area contributed by atoms with Crippen molar-refractivity contribution in [3.05, 3.63) is 89.0 Å². The summed E-state index contributed by atoms with van der Waals surface area (Å²) in [6.07, 6.45) is -3.20. The largest absolute Gasteiger partial charge is 0.490 e. The van der Waals surface area contributed by atoms with Crippen LogP contribution in [0, 0.1) is 13.8 Å². The first kappa shape index (κ1) is 32.2. The summed E-state index contributed by atoms with van der Waals surface area (Å²) in [6.45, 7) is 7.01. The Morgan fingerprint density at radius 3 is 2.00 bits per heavy atom. The number of aryl methyl sites for hydroxylation is 2. The van der Waals surface area contributed by atoms with Crippen molar-refractivity contribution in [1.29, 1.82) is 0 Å². The summed E-state index contributed by atoms with van der Waals surface area (Å²) in [5.74, 6) is -3.86. The van der Waals surface area contributed by atoms with Crippen LogP contribution in [0.25, 0.3) is 0 Å². The van der Waals surface area contributed by atoms with E-state index in [-0.39, 0.29) is 16.1 Å². The van der Waals surface area contributed by atoms with Gasteiger partial charge in [0.2, 0.25) is 0 Å². The molecule has 216 valence electrons. The molecule has 0 unspecified atom stereocenters. The van der Waals surface area contributed by atoms with E-state index in [1.165, 1.54) is 6.07 Å². The molecule has 3 rings (SSSR count). The number of benzene rings is 3. The molecule has 0 heterocycles. The zero-order chi connectivity index (χ0) is 30.1. The van der Waals surface area contributed by atoms with E-state index >= 15 is 0 Å². The number of sulfonamides is 1. The number of carboxylic acid groups (broad SMARTS) is 2. The van der Waals surface area contributed by atoms with Crippen LogP contribution in [0.3, 0.4) is 0 Å². The highest BCUT2D eigenvalue weighted by Crippen LogP contribution is 2.28. The van der Waals surface area contributed by atoms with Crippen LogP contribution in [0.4, 0.5) is 24.5 Å². The lowest BCUT2D eigenvalue weighted by Crippen LogP contribution is -2.26. The smallest absolute Gasteiger partial charge is 0.478 e. The Morgan fingerprint density at radius 2 is 1.50 bits per heavy atom. The minimum absolute atomic E-state index is 0.0580. The van der Waals surface area contributed by atoms with Gasteiger partial charge in [-0.25, -0.2) is 18.0 Å². The topological polar surface area (TPSA) is 124 Å². The molecule has 0 aliphatic heterocycles. The van der Waals surface area contributed by atoms with Gasteiger partial charge < -0.3 is 15.1 Å². The van der Waals surface area contributed by atoms with Gasteiger partial charge in [0.1, 0.15) is 0 Å². The molecule has 12 heteroatoms. The lowest BCUT2D eigenvalue weighted by molar-refractivity contribution is -0.192. The Labute approximate surface area is 231 Å². The number of nitrogens with one attached hydrogen (secondary N) is 1. The van der Waals surface area contributed by atoms with Crippen LogP contribution < -0.4 is 9.62 Å². The van der Waals surface area contributed by atoms with Gasteiger partial charge in [0.15, 0.2) is 0 Å². The molecule has 0 amide bonds. The number of aliphatic carboxylic acids is 1. The van der Waals surface area contributed by atoms with E-state index in [0.29, 0.717) is 18.8 Å². The third-order valence-electron chi connectivity index (χ3n) is 5.57. The first-order valence-electron chi connectivity index (χ1n) is 12.2. The molecular weight excluding hydrogens is 549 g/mol. The zero-order valence-electron chi connectivity index (χ0n) is 22.2. The first-order valence-corrected chi connectivity index (χ1v) is 13.7. The predicted octanol–water partition coefficient (Wildman–Crippen LogP) is 6.24. The van der Waals surface area contributed by atoms with Gasteiger partial charge in [-0.3, -0.25) is 4.72 Å². The summed E-state index contributed by atoms with van der Waals surface area (Å²) < 4.78 is 60.1. The molecule has 8 nitrogen and oxygen atoms in total. The summed E-state index contributed by atoms with van der Waals surface area (Å²) >= 11 is 0. The summed E-state index contributed by atoms with van der Waals surface area (Å²) in [7, 11) is -3.85. The van der Waals surface area contributed by atoms with Gasteiger partial charge in [-0.15, -0.1) is 0 Å². The second-order valence-electron chi connectivity index (χ2n) is 9.03. The van der Waals surface area contributed by atoms with Gasteiger partial charge in [-0.1, -0.05) is 49.7 Å². The molecule has 0 spiro atoms. The fourth-order valence-corrected chi connectivity index (χ4v) is 5.02. The molecule has 0 aliphatic carbocycles. The molecule has 0 fully saturated rings. The number of hydrogen-bond acceptors (Lipinski definition) is 5. The Bertz CT molecular complexity index is 1410. The van der Waals surface area contributed by atoms with Crippen LogP contribution in [-0.4, -0.2) is 43.3 Å². The van der Waals surface area contributed by atoms with E-state index in [2.05, 4.69) is 11.6 Å². The summed E-state index contributed by atoms with van der Waals surface area (Å²) in [4.78, 5) is 23.2. The molecule has 0 aliphatic rings. The van der Waals surface area contributed by atoms with Crippen LogP contribution in [-0.2, 0) is 21.4 Å². The Hall–Kier alpha value is -4.06. The van der Waals surface area contributed by atoms with Crippen molar-refractivity contribution in [2.24, 2.45) is 0 Å². The maximum absolute atomic E-state index is 12.9. The summed E-state index contributed by atoms with van der Waals surface area (Å²) in [6, 6.07) is 19.6. The van der Waals surface area contributed by atoms with Crippen LogP contribution in [0.15, 0.2) is 71.6 Å². The molecular formula is C28H31F3N2O6S. The highest BCUT2D eigenvalue weighted by molar-refractivity contribution is 7.92. The van der Waals surface area contributed by atoms with Crippen molar-refractivity contribution in [2.75, 3.05) is 16.2 Å². The zero-order valence-corrected chi connectivity index (χ0v) is 23.0. The van der Waals surface area contributed by atoms with Gasteiger partial charge >= 0.3 is 18.1 Å². The third kappa shape index (κ3) is 9.60. The van der Waals surface area contributed by atoms with Gasteiger partial charge in [0.05, 0.1) is 16.1 Å². The number of halogens is 3. The highest BCUT2D eigenvalue weighted by atomic mass is 32.2. The summed E-state index contributed by atoms with van der Waals surface area (Å²) in [5, 5.41) is 17.0. The minimum atomic E-state index is -5.08. The monoisotopic (exact) mass is 580 g/mol. The fraction of sp³-hybridized carbons (Fsp3) is 0.286. The van der Waals surface area contributed by atoms with Gasteiger partial charge in [-0.05, 0) is 67.3 Å². The standard InChI is InChI=1S/C26H30N2O4S.C2HF3O2/c1-4-5-13-28(18-21-9-7-6-8-10-21)25-12-11-22(17-24(25)26(29)30)27-33(31,32)23-15-19(2)14-20(3)16-23;3-2(4,5)1(6)7/h6-12,14-17,27H,4-5,13,18H2,1-3H3,(H,29,30);(H,6,7). The highest BCUT2D eigenvalue weighted by Gasteiger charge is 2.38. The molecule has 0 radical (unpaired) electrons. The number of nitrogens with zero attached hydrogens (tertiary/aromatic N) is 1. The van der Waals surface area contributed by atoms with Crippen molar-refractivity contribution < 1.29 is 41.4 Å². The molecule has 3 N–H and O–H groups in total. The van der Waals surface area contributed by atoms with Gasteiger partial charge in [-0.2, -0.15) is 13.2 Å². The number of anilines is 2. The number of unbranched alkanes of at least 4 members (excludes halogenated alkanes) is 1. The Kier molecular flexibility index (Phi) is 11.1. The lowest BCUT2D eigenvalue weighted by atomic mass is 10.1. The molecule has 0 bridgehead atoms. The number of aromatic carboxylic acids is 1. The number of alkyl halides is 3. The van der Waals surface area contributed by atoms with Gasteiger partial charge in [0.25, 0.3) is 10.0 Å². The van der Waals surface area contributed by atoms with Crippen molar-refractivity contribution in [2.45, 2.75) is 51.2 Å². The lowest BCUT2D eigenvalue weighted by Gasteiger charge is -2.27. The first-order chi connectivity index (χ1) is 18.6. The van der Waals surface area contributed by atoms with Crippen molar-refractivity contribution in [3.8, 4) is 0 Å². The quantitative estimate of drug-likeness (QED) is 0.259. The average Bonchev–Trinajstić information content (AvgIpc) is 2.86. The van der Waals surface area contributed by atoms with E-state index in [9.17, 15) is 31.5 Å². The molecule has 40 heavy (non-hydrogen) atoms. The third-order valence-corrected chi connectivity index (χ3v) is 6.93. The Balaban J connectivity index is 0.000000708. The van der Waals surface area contributed by atoms with Crippen LogP contribution in [0.1, 0.15) is 46.8 Å². The molecule has 0 aromatic heterocycles. The van der Waals surface area contributed by atoms with E-state index in [0.717, 1.165) is 29.5 Å². The van der Waals surface area contributed by atoms with E-state index < -0.39 is 28.1 Å². The molecule has 0 saturated heterocycles. The second kappa shape index (κ2) is 13.8. The maximum atomic E-state index is 12.9. The summed E-state index contributed by atoms with van der Waals surface area (Å²) in [5.41, 5.74) is 3.58. The normalized spacial score (nSPS) is 11.2. The molecule has 3 aromatic carbocycles. The van der Waals surface area contributed by atoms with Crippen LogP contribution in [0.5, 0.6) is 0 Å². The number of carboxylic acids is 2. The number of carbonyl (C=O) groups is 2. The van der Waals surface area contributed by atoms with Gasteiger partial charge in [0, 0.05) is 18.8 Å². The van der Waals surface area contributed by atoms with E-state index in [1.807, 2.05) is 55.1 Å². The van der Waals surface area contributed by atoms with Crippen molar-refractivity contribution >= 4 is 33.3 Å².